The summed E-state index contributed by atoms with van der Waals surface area (Å²) in [6, 6.07) is 14.0. The van der Waals surface area contributed by atoms with Crippen molar-refractivity contribution in [1.29, 1.82) is 0 Å². The van der Waals surface area contributed by atoms with Crippen molar-refractivity contribution >= 4 is 28.2 Å². The summed E-state index contributed by atoms with van der Waals surface area (Å²) >= 11 is 0. The van der Waals surface area contributed by atoms with Crippen molar-refractivity contribution in [3.63, 3.8) is 0 Å². The van der Waals surface area contributed by atoms with E-state index in [0.717, 1.165) is 47.3 Å². The highest BCUT2D eigenvalue weighted by Gasteiger charge is 2.20. The number of aromatic nitrogens is 1. The molecule has 6 heteroatoms. The van der Waals surface area contributed by atoms with Gasteiger partial charge in [0, 0.05) is 30.0 Å². The second-order valence-electron chi connectivity index (χ2n) is 9.47. The number of aliphatic imine (C=N–C) groups is 1. The quantitative estimate of drug-likeness (QED) is 0.320. The van der Waals surface area contributed by atoms with Gasteiger partial charge in [0.25, 0.3) is 5.91 Å². The van der Waals surface area contributed by atoms with Gasteiger partial charge in [-0.1, -0.05) is 42.3 Å². The van der Waals surface area contributed by atoms with Crippen LogP contribution in [-0.2, 0) is 11.3 Å². The normalized spacial score (nSPS) is 15.9. The number of nitrogens with zero attached hydrogens (tertiary/aromatic N) is 2. The molecule has 1 saturated heterocycles. The first-order valence-corrected chi connectivity index (χ1v) is 13.0. The molecule has 188 valence electrons. The molecule has 2 aromatic carbocycles. The van der Waals surface area contributed by atoms with Gasteiger partial charge in [0.15, 0.2) is 5.88 Å². The number of rotatable bonds is 6. The zero-order chi connectivity index (χ0) is 25.6. The fourth-order valence-corrected chi connectivity index (χ4v) is 4.89. The summed E-state index contributed by atoms with van der Waals surface area (Å²) in [5, 5.41) is 14.5. The van der Waals surface area contributed by atoms with E-state index in [2.05, 4.69) is 69.5 Å². The van der Waals surface area contributed by atoms with Crippen molar-refractivity contribution in [2.24, 2.45) is 4.99 Å². The summed E-state index contributed by atoms with van der Waals surface area (Å²) in [7, 11) is 0. The number of aromatic amines is 1. The number of benzene rings is 2. The molecule has 3 aromatic rings. The third-order valence-corrected chi connectivity index (χ3v) is 6.72. The Labute approximate surface area is 217 Å². The van der Waals surface area contributed by atoms with Gasteiger partial charge in [0.1, 0.15) is 0 Å². The molecule has 1 fully saturated rings. The highest BCUT2D eigenvalue weighted by atomic mass is 16.3. The molecule has 37 heavy (non-hydrogen) atoms. The number of allylic oxidation sites excluding steroid dienone is 4. The number of likely N-dealkylation sites (tertiary alicyclic amines) is 1. The lowest BCUT2D eigenvalue weighted by molar-refractivity contribution is -0.115. The van der Waals surface area contributed by atoms with Crippen molar-refractivity contribution in [3.05, 3.63) is 83.0 Å². The summed E-state index contributed by atoms with van der Waals surface area (Å²) in [5.74, 6) is 5.24. The van der Waals surface area contributed by atoms with E-state index < -0.39 is 0 Å². The van der Waals surface area contributed by atoms with Crippen LogP contribution in [0, 0.1) is 11.8 Å². The maximum Gasteiger partial charge on any atom is 0.296 e. The van der Waals surface area contributed by atoms with Crippen LogP contribution in [0.5, 0.6) is 5.88 Å². The van der Waals surface area contributed by atoms with E-state index in [1.54, 1.807) is 0 Å². The van der Waals surface area contributed by atoms with Gasteiger partial charge in [-0.25, -0.2) is 4.99 Å². The van der Waals surface area contributed by atoms with Crippen molar-refractivity contribution < 1.29 is 9.90 Å². The van der Waals surface area contributed by atoms with Gasteiger partial charge < -0.3 is 15.4 Å². The Morgan fingerprint density at radius 1 is 1.14 bits per heavy atom. The lowest BCUT2D eigenvalue weighted by atomic mass is 9.96. The van der Waals surface area contributed by atoms with E-state index in [1.165, 1.54) is 31.5 Å². The molecule has 2 aliphatic rings. The number of fused-ring (bicyclic) bond motifs is 1. The van der Waals surface area contributed by atoms with Crippen LogP contribution >= 0.6 is 0 Å². The number of aromatic hydroxyl groups is 1. The summed E-state index contributed by atoms with van der Waals surface area (Å²) in [6.07, 6.45) is 10.9. The summed E-state index contributed by atoms with van der Waals surface area (Å²) in [4.78, 5) is 22.3. The number of amides is 1. The number of nitrogens with one attached hydrogen (secondary N) is 2. The molecular weight excluding hydrogens is 460 g/mol. The molecule has 0 radical (unpaired) electrons. The first-order chi connectivity index (χ1) is 18.1. The van der Waals surface area contributed by atoms with Gasteiger partial charge in [-0.05, 0) is 81.1 Å². The third kappa shape index (κ3) is 5.84. The zero-order valence-corrected chi connectivity index (χ0v) is 21.2. The lowest BCUT2D eigenvalue weighted by Crippen LogP contribution is -2.20. The van der Waals surface area contributed by atoms with Crippen LogP contribution in [0.2, 0.25) is 0 Å². The molecule has 1 aliphatic carbocycles. The number of hydrogen-bond donors (Lipinski definition) is 3. The Morgan fingerprint density at radius 3 is 2.68 bits per heavy atom. The number of carbonyl (C=O) groups is 1. The molecule has 1 aliphatic heterocycles. The first-order valence-electron chi connectivity index (χ1n) is 13.0. The van der Waals surface area contributed by atoms with Gasteiger partial charge in [-0.15, -0.1) is 0 Å². The molecule has 0 saturated carbocycles. The molecule has 5 rings (SSSR count). The predicted molar refractivity (Wildman–Crippen MR) is 149 cm³/mol. The summed E-state index contributed by atoms with van der Waals surface area (Å²) < 4.78 is 0. The Morgan fingerprint density at radius 2 is 1.95 bits per heavy atom. The summed E-state index contributed by atoms with van der Waals surface area (Å²) in [5.41, 5.74) is 5.95. The number of hydrogen-bond acceptors (Lipinski definition) is 4. The van der Waals surface area contributed by atoms with Crippen molar-refractivity contribution in [1.82, 2.24) is 15.2 Å². The van der Waals surface area contributed by atoms with Crippen molar-refractivity contribution in [2.75, 3.05) is 19.6 Å². The minimum atomic E-state index is -0.311. The molecule has 3 N–H and O–H groups in total. The van der Waals surface area contributed by atoms with Crippen LogP contribution in [0.15, 0.2) is 71.3 Å². The molecule has 0 unspecified atom stereocenters. The molecule has 0 atom stereocenters. The summed E-state index contributed by atoms with van der Waals surface area (Å²) in [6.45, 7) is 5.70. The van der Waals surface area contributed by atoms with E-state index in [0.29, 0.717) is 17.7 Å². The van der Waals surface area contributed by atoms with E-state index in [1.807, 2.05) is 25.1 Å². The molecule has 1 aromatic heterocycles. The van der Waals surface area contributed by atoms with Crippen LogP contribution in [0.4, 0.5) is 5.69 Å². The van der Waals surface area contributed by atoms with E-state index in [4.69, 9.17) is 4.99 Å². The van der Waals surface area contributed by atoms with Gasteiger partial charge in [0.05, 0.1) is 22.5 Å². The van der Waals surface area contributed by atoms with Gasteiger partial charge >= 0.3 is 0 Å². The zero-order valence-electron chi connectivity index (χ0n) is 21.2. The smallest absolute Gasteiger partial charge is 0.296 e. The van der Waals surface area contributed by atoms with E-state index in [-0.39, 0.29) is 11.8 Å². The molecular formula is C31H32N4O2. The molecule has 1 amide bonds. The average molecular weight is 493 g/mol. The van der Waals surface area contributed by atoms with Crippen molar-refractivity contribution in [2.45, 2.75) is 39.2 Å². The fraction of sp³-hybridized carbons (Fsp3) is 0.290. The molecule has 2 heterocycles. The Bertz CT molecular complexity index is 1440. The minimum absolute atomic E-state index is 0.0631. The van der Waals surface area contributed by atoms with Gasteiger partial charge in [0.2, 0.25) is 0 Å². The predicted octanol–water partition coefficient (Wildman–Crippen LogP) is 5.35. The highest BCUT2D eigenvalue weighted by Crippen LogP contribution is 2.33. The van der Waals surface area contributed by atoms with Crippen LogP contribution < -0.4 is 5.32 Å². The topological polar surface area (TPSA) is 80.7 Å². The van der Waals surface area contributed by atoms with E-state index >= 15 is 0 Å². The lowest BCUT2D eigenvalue weighted by Gasteiger charge is -2.15. The highest BCUT2D eigenvalue weighted by molar-refractivity contribution is 6.23. The monoisotopic (exact) mass is 492 g/mol. The molecule has 0 spiro atoms. The largest absolute Gasteiger partial charge is 0.494 e. The number of carbonyl (C=O) groups excluding carboxylic acids is 1. The Kier molecular flexibility index (Phi) is 7.53. The number of H-pyrrole nitrogens is 1. The average Bonchev–Trinajstić information content (AvgIpc) is 3.54. The Hall–Kier alpha value is -4.08. The second kappa shape index (κ2) is 11.3. The SMILES string of the molecule is CCNC(=O)C#Cc1ccc2c(C(=Nc3ccc(CN4CCCC4)cc3)C3=CCCC=C3)c(O)[nH]c2c1. The third-order valence-electron chi connectivity index (χ3n) is 6.72. The molecule has 0 bridgehead atoms. The maximum atomic E-state index is 11.7. The van der Waals surface area contributed by atoms with Crippen LogP contribution in [0.25, 0.3) is 10.9 Å². The maximum absolute atomic E-state index is 11.7. The minimum Gasteiger partial charge on any atom is -0.494 e. The molecule has 6 nitrogen and oxygen atoms in total. The van der Waals surface area contributed by atoms with Crippen LogP contribution in [0.3, 0.4) is 0 Å². The van der Waals surface area contributed by atoms with E-state index in [9.17, 15) is 9.90 Å². The second-order valence-corrected chi connectivity index (χ2v) is 9.47. The standard InChI is InChI=1S/C31H32N4O2/c1-2-32-28(36)17-13-22-12-16-26-27(20-22)34-31(37)29(26)30(24-8-4-3-5-9-24)33-25-14-10-23(11-15-25)21-35-18-6-7-19-35/h4,8-12,14-16,20,34,37H,2-3,5-7,18-19,21H2,1H3,(H,32,36). The van der Waals surface area contributed by atoms with Crippen LogP contribution in [-0.4, -0.2) is 46.2 Å². The first kappa shape index (κ1) is 24.6. The van der Waals surface area contributed by atoms with Crippen LogP contribution in [0.1, 0.15) is 49.3 Å². The fourth-order valence-electron chi connectivity index (χ4n) is 4.89. The van der Waals surface area contributed by atoms with Gasteiger partial charge in [-0.3, -0.25) is 9.69 Å². The van der Waals surface area contributed by atoms with Gasteiger partial charge in [-0.2, -0.15) is 0 Å². The Balaban J connectivity index is 1.50. The van der Waals surface area contributed by atoms with Crippen molar-refractivity contribution in [3.8, 4) is 17.7 Å².